The van der Waals surface area contributed by atoms with Crippen molar-refractivity contribution < 1.29 is 13.6 Å². The lowest BCUT2D eigenvalue weighted by atomic mass is 10.2. The van der Waals surface area contributed by atoms with Crippen molar-refractivity contribution in [3.05, 3.63) is 35.4 Å². The molecule has 5 heteroatoms. The number of carbonyl (C=O) groups is 1. The van der Waals surface area contributed by atoms with Gasteiger partial charge in [0.2, 0.25) is 0 Å². The van der Waals surface area contributed by atoms with Gasteiger partial charge in [-0.25, -0.2) is 8.78 Å². The standard InChI is InChI=1S/C11H11F2NOS/c1-7(15)16-4-2-3-8-5-9(12)11(14)10(13)6-8/h2-3,5-6H,4,14H2,1H3. The van der Waals surface area contributed by atoms with Crippen molar-refractivity contribution in [2.75, 3.05) is 11.5 Å². The molecule has 0 aliphatic rings. The minimum Gasteiger partial charge on any atom is -0.394 e. The lowest BCUT2D eigenvalue weighted by Gasteiger charge is -2.00. The van der Waals surface area contributed by atoms with Crippen molar-refractivity contribution in [3.63, 3.8) is 0 Å². The molecule has 1 aromatic carbocycles. The Labute approximate surface area is 96.5 Å². The highest BCUT2D eigenvalue weighted by Gasteiger charge is 2.05. The molecule has 0 spiro atoms. The first-order valence-corrected chi connectivity index (χ1v) is 5.53. The van der Waals surface area contributed by atoms with Crippen LogP contribution in [0.15, 0.2) is 18.2 Å². The predicted molar refractivity (Wildman–Crippen MR) is 62.9 cm³/mol. The summed E-state index contributed by atoms with van der Waals surface area (Å²) in [7, 11) is 0. The summed E-state index contributed by atoms with van der Waals surface area (Å²) in [4.78, 5) is 10.6. The number of thioether (sulfide) groups is 1. The molecule has 1 rings (SSSR count). The first kappa shape index (κ1) is 12.7. The summed E-state index contributed by atoms with van der Waals surface area (Å²) in [6.07, 6.45) is 3.21. The average Bonchev–Trinajstić information content (AvgIpc) is 2.20. The highest BCUT2D eigenvalue weighted by Crippen LogP contribution is 2.18. The van der Waals surface area contributed by atoms with Gasteiger partial charge in [-0.15, -0.1) is 0 Å². The first-order chi connectivity index (χ1) is 7.50. The van der Waals surface area contributed by atoms with Crippen molar-refractivity contribution in [2.24, 2.45) is 0 Å². The molecule has 0 aromatic heterocycles. The van der Waals surface area contributed by atoms with Gasteiger partial charge in [-0.1, -0.05) is 23.9 Å². The fourth-order valence-electron chi connectivity index (χ4n) is 1.05. The number of carbonyl (C=O) groups excluding carboxylic acids is 1. The second kappa shape index (κ2) is 5.65. The van der Waals surface area contributed by atoms with Gasteiger partial charge in [-0.3, -0.25) is 4.79 Å². The van der Waals surface area contributed by atoms with E-state index in [2.05, 4.69) is 0 Å². The lowest BCUT2D eigenvalue weighted by Crippen LogP contribution is -1.95. The van der Waals surface area contributed by atoms with Gasteiger partial charge in [-0.05, 0) is 17.7 Å². The van der Waals surface area contributed by atoms with E-state index < -0.39 is 17.3 Å². The van der Waals surface area contributed by atoms with Crippen LogP contribution in [-0.2, 0) is 4.79 Å². The van der Waals surface area contributed by atoms with Gasteiger partial charge >= 0.3 is 0 Å². The molecule has 0 unspecified atom stereocenters. The van der Waals surface area contributed by atoms with Crippen LogP contribution in [0.4, 0.5) is 14.5 Å². The Morgan fingerprint density at radius 1 is 1.44 bits per heavy atom. The van der Waals surface area contributed by atoms with Crippen molar-refractivity contribution in [3.8, 4) is 0 Å². The zero-order valence-electron chi connectivity index (χ0n) is 8.67. The summed E-state index contributed by atoms with van der Waals surface area (Å²) in [5.74, 6) is -1.08. The van der Waals surface area contributed by atoms with Crippen LogP contribution < -0.4 is 5.73 Å². The van der Waals surface area contributed by atoms with Crippen LogP contribution in [0.3, 0.4) is 0 Å². The maximum absolute atomic E-state index is 13.0. The predicted octanol–water partition coefficient (Wildman–Crippen LogP) is 2.84. The molecule has 0 saturated carbocycles. The Hall–Kier alpha value is -1.36. The molecule has 0 fully saturated rings. The normalized spacial score (nSPS) is 10.9. The summed E-state index contributed by atoms with van der Waals surface area (Å²) in [5, 5.41) is -0.000632. The molecular formula is C11H11F2NOS. The lowest BCUT2D eigenvalue weighted by molar-refractivity contribution is -0.109. The molecular weight excluding hydrogens is 232 g/mol. The second-order valence-electron chi connectivity index (χ2n) is 3.10. The Kier molecular flexibility index (Phi) is 4.49. The summed E-state index contributed by atoms with van der Waals surface area (Å²) in [5.41, 5.74) is 5.03. The molecule has 2 nitrogen and oxygen atoms in total. The van der Waals surface area contributed by atoms with E-state index in [9.17, 15) is 13.6 Å². The van der Waals surface area contributed by atoms with Crippen molar-refractivity contribution in [1.82, 2.24) is 0 Å². The van der Waals surface area contributed by atoms with Gasteiger partial charge in [0.05, 0.1) is 0 Å². The number of hydrogen-bond acceptors (Lipinski definition) is 3. The zero-order valence-corrected chi connectivity index (χ0v) is 9.48. The molecule has 0 bridgehead atoms. The third-order valence-electron chi connectivity index (χ3n) is 1.79. The van der Waals surface area contributed by atoms with Gasteiger partial charge in [0, 0.05) is 12.7 Å². The number of nitrogens with two attached hydrogens (primary N) is 1. The monoisotopic (exact) mass is 243 g/mol. The molecule has 0 aliphatic carbocycles. The molecule has 0 amide bonds. The van der Waals surface area contributed by atoms with Crippen LogP contribution in [0.1, 0.15) is 12.5 Å². The highest BCUT2D eigenvalue weighted by molar-refractivity contribution is 8.13. The Bertz CT molecular complexity index is 409. The number of rotatable bonds is 3. The van der Waals surface area contributed by atoms with Gasteiger partial charge in [0.1, 0.15) is 17.3 Å². The van der Waals surface area contributed by atoms with Crippen LogP contribution in [-0.4, -0.2) is 10.9 Å². The molecule has 0 heterocycles. The fourth-order valence-corrected chi connectivity index (χ4v) is 1.48. The van der Waals surface area contributed by atoms with Gasteiger partial charge < -0.3 is 5.73 Å². The molecule has 0 aliphatic heterocycles. The van der Waals surface area contributed by atoms with E-state index >= 15 is 0 Å². The van der Waals surface area contributed by atoms with Crippen LogP contribution >= 0.6 is 11.8 Å². The van der Waals surface area contributed by atoms with Crippen molar-refractivity contribution >= 4 is 28.6 Å². The van der Waals surface area contributed by atoms with Crippen LogP contribution in [0.2, 0.25) is 0 Å². The number of anilines is 1. The van der Waals surface area contributed by atoms with Gasteiger partial charge in [0.15, 0.2) is 5.12 Å². The van der Waals surface area contributed by atoms with E-state index in [1.807, 2.05) is 0 Å². The number of halogens is 2. The summed E-state index contributed by atoms with van der Waals surface area (Å²) in [6, 6.07) is 2.29. The van der Waals surface area contributed by atoms with Crippen molar-refractivity contribution in [2.45, 2.75) is 6.92 Å². The molecule has 16 heavy (non-hydrogen) atoms. The smallest absolute Gasteiger partial charge is 0.186 e. The summed E-state index contributed by atoms with van der Waals surface area (Å²) >= 11 is 1.12. The fraction of sp³-hybridized carbons (Fsp3) is 0.182. The van der Waals surface area contributed by atoms with E-state index in [4.69, 9.17) is 5.73 Å². The highest BCUT2D eigenvalue weighted by atomic mass is 32.2. The molecule has 0 atom stereocenters. The molecule has 1 aromatic rings. The summed E-state index contributed by atoms with van der Waals surface area (Å²) in [6.45, 7) is 1.46. The van der Waals surface area contributed by atoms with E-state index in [1.54, 1.807) is 12.2 Å². The Morgan fingerprint density at radius 2 is 2.00 bits per heavy atom. The van der Waals surface area contributed by atoms with E-state index in [0.717, 1.165) is 23.9 Å². The minimum absolute atomic E-state index is 0.000632. The quantitative estimate of drug-likeness (QED) is 0.830. The van der Waals surface area contributed by atoms with E-state index in [-0.39, 0.29) is 5.12 Å². The Morgan fingerprint density at radius 3 is 2.50 bits per heavy atom. The molecule has 2 N–H and O–H groups in total. The maximum Gasteiger partial charge on any atom is 0.186 e. The number of hydrogen-bond donors (Lipinski definition) is 1. The number of nitrogen functional groups attached to an aromatic ring is 1. The third-order valence-corrected chi connectivity index (χ3v) is 2.56. The first-order valence-electron chi connectivity index (χ1n) is 4.55. The Balaban J connectivity index is 2.71. The topological polar surface area (TPSA) is 43.1 Å². The number of benzene rings is 1. The van der Waals surface area contributed by atoms with Gasteiger partial charge in [-0.2, -0.15) is 0 Å². The van der Waals surface area contributed by atoms with E-state index in [1.165, 1.54) is 6.92 Å². The van der Waals surface area contributed by atoms with Crippen LogP contribution in [0.25, 0.3) is 6.08 Å². The maximum atomic E-state index is 13.0. The molecule has 86 valence electrons. The van der Waals surface area contributed by atoms with Crippen LogP contribution in [0, 0.1) is 11.6 Å². The third kappa shape index (κ3) is 3.66. The van der Waals surface area contributed by atoms with Crippen LogP contribution in [0.5, 0.6) is 0 Å². The SMILES string of the molecule is CC(=O)SCC=Cc1cc(F)c(N)c(F)c1. The largest absolute Gasteiger partial charge is 0.394 e. The minimum atomic E-state index is -0.779. The molecule has 0 radical (unpaired) electrons. The van der Waals surface area contributed by atoms with Gasteiger partial charge in [0.25, 0.3) is 0 Å². The zero-order chi connectivity index (χ0) is 12.1. The summed E-state index contributed by atoms with van der Waals surface area (Å²) < 4.78 is 26.0. The van der Waals surface area contributed by atoms with Crippen molar-refractivity contribution in [1.29, 1.82) is 0 Å². The molecule has 0 saturated heterocycles. The van der Waals surface area contributed by atoms with E-state index in [0.29, 0.717) is 11.3 Å². The average molecular weight is 243 g/mol. The second-order valence-corrected chi connectivity index (χ2v) is 4.30.